The SMILES string of the molecule is CC(C)=CCOc1ccc2c(=O)c(-c3ccc(Cl)cc3)coc2c1. The van der Waals surface area contributed by atoms with Crippen LogP contribution in [0.25, 0.3) is 22.1 Å². The number of rotatable bonds is 4. The van der Waals surface area contributed by atoms with Crippen molar-refractivity contribution in [2.75, 3.05) is 6.61 Å². The molecule has 0 aliphatic rings. The summed E-state index contributed by atoms with van der Waals surface area (Å²) < 4.78 is 11.3. The summed E-state index contributed by atoms with van der Waals surface area (Å²) in [6, 6.07) is 12.4. The number of ether oxygens (including phenoxy) is 1. The van der Waals surface area contributed by atoms with Gasteiger partial charge in [0.1, 0.15) is 24.2 Å². The van der Waals surface area contributed by atoms with Crippen LogP contribution >= 0.6 is 11.6 Å². The van der Waals surface area contributed by atoms with E-state index in [9.17, 15) is 4.79 Å². The van der Waals surface area contributed by atoms with E-state index in [1.165, 1.54) is 11.8 Å². The monoisotopic (exact) mass is 340 g/mol. The van der Waals surface area contributed by atoms with Crippen LogP contribution in [0.5, 0.6) is 5.75 Å². The molecule has 0 aliphatic heterocycles. The second-order valence-corrected chi connectivity index (χ2v) is 6.17. The minimum atomic E-state index is -0.0746. The molecule has 1 heterocycles. The van der Waals surface area contributed by atoms with Crippen LogP contribution in [0.1, 0.15) is 13.8 Å². The molecule has 0 radical (unpaired) electrons. The summed E-state index contributed by atoms with van der Waals surface area (Å²) in [4.78, 5) is 12.7. The summed E-state index contributed by atoms with van der Waals surface area (Å²) in [6.45, 7) is 4.52. The average molecular weight is 341 g/mol. The van der Waals surface area contributed by atoms with Gasteiger partial charge in [-0.25, -0.2) is 0 Å². The molecule has 0 saturated carbocycles. The van der Waals surface area contributed by atoms with E-state index in [1.54, 1.807) is 42.5 Å². The number of halogens is 1. The average Bonchev–Trinajstić information content (AvgIpc) is 2.56. The van der Waals surface area contributed by atoms with Gasteiger partial charge in [-0.3, -0.25) is 4.79 Å². The number of hydrogen-bond acceptors (Lipinski definition) is 3. The first-order chi connectivity index (χ1) is 11.5. The second-order valence-electron chi connectivity index (χ2n) is 5.74. The summed E-state index contributed by atoms with van der Waals surface area (Å²) in [5.74, 6) is 0.669. The third-order valence-electron chi connectivity index (χ3n) is 3.64. The van der Waals surface area contributed by atoms with Crippen LogP contribution in [0.2, 0.25) is 5.02 Å². The van der Waals surface area contributed by atoms with Gasteiger partial charge < -0.3 is 9.15 Å². The van der Waals surface area contributed by atoms with E-state index in [2.05, 4.69) is 0 Å². The number of allylic oxidation sites excluding steroid dienone is 1. The maximum absolute atomic E-state index is 12.7. The molecular formula is C20H17ClO3. The fourth-order valence-electron chi connectivity index (χ4n) is 2.33. The van der Waals surface area contributed by atoms with Gasteiger partial charge in [0.15, 0.2) is 5.43 Å². The lowest BCUT2D eigenvalue weighted by Crippen LogP contribution is -2.05. The zero-order valence-corrected chi connectivity index (χ0v) is 14.3. The Morgan fingerprint density at radius 3 is 2.62 bits per heavy atom. The van der Waals surface area contributed by atoms with Crippen molar-refractivity contribution >= 4 is 22.6 Å². The summed E-state index contributed by atoms with van der Waals surface area (Å²) in [5, 5.41) is 1.15. The van der Waals surface area contributed by atoms with Crippen molar-refractivity contribution in [3.63, 3.8) is 0 Å². The number of fused-ring (bicyclic) bond motifs is 1. The molecule has 24 heavy (non-hydrogen) atoms. The Balaban J connectivity index is 1.96. The van der Waals surface area contributed by atoms with Crippen LogP contribution in [0.15, 0.2) is 69.6 Å². The molecule has 0 aliphatic carbocycles. The van der Waals surface area contributed by atoms with Gasteiger partial charge in [0.25, 0.3) is 0 Å². The largest absolute Gasteiger partial charge is 0.489 e. The molecule has 2 aromatic carbocycles. The van der Waals surface area contributed by atoms with E-state index in [-0.39, 0.29) is 5.43 Å². The highest BCUT2D eigenvalue weighted by Crippen LogP contribution is 2.24. The van der Waals surface area contributed by atoms with E-state index in [0.29, 0.717) is 33.9 Å². The Hall–Kier alpha value is -2.52. The summed E-state index contributed by atoms with van der Waals surface area (Å²) in [5.41, 5.74) is 2.91. The molecule has 1 aromatic heterocycles. The molecule has 0 atom stereocenters. The molecule has 0 spiro atoms. The topological polar surface area (TPSA) is 39.4 Å². The van der Waals surface area contributed by atoms with Crippen molar-refractivity contribution in [2.24, 2.45) is 0 Å². The minimum absolute atomic E-state index is 0.0746. The van der Waals surface area contributed by atoms with Gasteiger partial charge in [-0.2, -0.15) is 0 Å². The van der Waals surface area contributed by atoms with E-state index in [0.717, 1.165) is 5.56 Å². The highest BCUT2D eigenvalue weighted by Gasteiger charge is 2.10. The highest BCUT2D eigenvalue weighted by atomic mass is 35.5. The second kappa shape index (κ2) is 6.93. The van der Waals surface area contributed by atoms with Gasteiger partial charge in [-0.1, -0.05) is 29.3 Å². The molecule has 4 heteroatoms. The lowest BCUT2D eigenvalue weighted by Gasteiger charge is -2.06. The molecule has 3 aromatic rings. The van der Waals surface area contributed by atoms with E-state index in [1.807, 2.05) is 19.9 Å². The Bertz CT molecular complexity index is 949. The third kappa shape index (κ3) is 3.52. The maximum Gasteiger partial charge on any atom is 0.200 e. The van der Waals surface area contributed by atoms with Gasteiger partial charge in [-0.15, -0.1) is 0 Å². The first-order valence-electron chi connectivity index (χ1n) is 7.62. The fraction of sp³-hybridized carbons (Fsp3) is 0.150. The Morgan fingerprint density at radius 1 is 1.17 bits per heavy atom. The summed E-state index contributed by atoms with van der Waals surface area (Å²) in [6.07, 6.45) is 3.47. The lowest BCUT2D eigenvalue weighted by molar-refractivity contribution is 0.362. The summed E-state index contributed by atoms with van der Waals surface area (Å²) >= 11 is 5.89. The first kappa shape index (κ1) is 16.3. The van der Waals surface area contributed by atoms with Crippen LogP contribution in [0.4, 0.5) is 0 Å². The standard InChI is InChI=1S/C20H17ClO3/c1-13(2)9-10-23-16-7-8-17-19(11-16)24-12-18(20(17)22)14-3-5-15(21)6-4-14/h3-9,11-12H,10H2,1-2H3. The van der Waals surface area contributed by atoms with Crippen LogP contribution in [-0.4, -0.2) is 6.61 Å². The van der Waals surface area contributed by atoms with Crippen LogP contribution in [-0.2, 0) is 0 Å². The van der Waals surface area contributed by atoms with Crippen molar-refractivity contribution in [2.45, 2.75) is 13.8 Å². The predicted molar refractivity (Wildman–Crippen MR) is 97.9 cm³/mol. The zero-order valence-electron chi connectivity index (χ0n) is 13.5. The zero-order chi connectivity index (χ0) is 17.1. The third-order valence-corrected chi connectivity index (χ3v) is 3.89. The Kier molecular flexibility index (Phi) is 4.72. The minimum Gasteiger partial charge on any atom is -0.489 e. The fourth-order valence-corrected chi connectivity index (χ4v) is 2.46. The van der Waals surface area contributed by atoms with Crippen LogP contribution in [0, 0.1) is 0 Å². The van der Waals surface area contributed by atoms with E-state index in [4.69, 9.17) is 20.8 Å². The van der Waals surface area contributed by atoms with Crippen molar-refractivity contribution in [3.05, 3.63) is 75.6 Å². The van der Waals surface area contributed by atoms with Gasteiger partial charge in [0.05, 0.1) is 10.9 Å². The molecule has 3 rings (SSSR count). The van der Waals surface area contributed by atoms with Gasteiger partial charge in [0.2, 0.25) is 0 Å². The molecular weight excluding hydrogens is 324 g/mol. The molecule has 0 saturated heterocycles. The van der Waals surface area contributed by atoms with Crippen molar-refractivity contribution < 1.29 is 9.15 Å². The molecule has 0 fully saturated rings. The van der Waals surface area contributed by atoms with E-state index >= 15 is 0 Å². The first-order valence-corrected chi connectivity index (χ1v) is 8.00. The molecule has 0 unspecified atom stereocenters. The smallest absolute Gasteiger partial charge is 0.200 e. The Labute approximate surface area is 145 Å². The quantitative estimate of drug-likeness (QED) is 0.592. The van der Waals surface area contributed by atoms with Crippen molar-refractivity contribution in [1.29, 1.82) is 0 Å². The number of hydrogen-bond donors (Lipinski definition) is 0. The van der Waals surface area contributed by atoms with Crippen LogP contribution < -0.4 is 10.2 Å². The highest BCUT2D eigenvalue weighted by molar-refractivity contribution is 6.30. The molecule has 0 N–H and O–H groups in total. The van der Waals surface area contributed by atoms with Gasteiger partial charge in [0, 0.05) is 11.1 Å². The normalized spacial score (nSPS) is 10.6. The molecule has 0 bridgehead atoms. The summed E-state index contributed by atoms with van der Waals surface area (Å²) in [7, 11) is 0. The maximum atomic E-state index is 12.7. The Morgan fingerprint density at radius 2 is 1.92 bits per heavy atom. The van der Waals surface area contributed by atoms with Gasteiger partial charge in [-0.05, 0) is 49.8 Å². The van der Waals surface area contributed by atoms with E-state index < -0.39 is 0 Å². The van der Waals surface area contributed by atoms with Crippen LogP contribution in [0.3, 0.4) is 0 Å². The molecule has 0 amide bonds. The van der Waals surface area contributed by atoms with Crippen molar-refractivity contribution in [1.82, 2.24) is 0 Å². The molecule has 122 valence electrons. The lowest BCUT2D eigenvalue weighted by atomic mass is 10.1. The number of benzene rings is 2. The van der Waals surface area contributed by atoms with Gasteiger partial charge >= 0.3 is 0 Å². The van der Waals surface area contributed by atoms with Crippen molar-refractivity contribution in [3.8, 4) is 16.9 Å². The predicted octanol–water partition coefficient (Wildman–Crippen LogP) is 5.46. The molecule has 3 nitrogen and oxygen atoms in total.